The van der Waals surface area contributed by atoms with Crippen LogP contribution in [0.4, 0.5) is 22.4 Å². The molecule has 0 bridgehead atoms. The van der Waals surface area contributed by atoms with Gasteiger partial charge in [-0.05, 0) is 26.0 Å². The molecule has 9 heteroatoms. The molecule has 0 fully saturated rings. The van der Waals surface area contributed by atoms with Crippen molar-refractivity contribution in [2.75, 3.05) is 42.2 Å². The van der Waals surface area contributed by atoms with Gasteiger partial charge in [-0.3, -0.25) is 0 Å². The number of amides is 2. The Morgan fingerprint density at radius 2 is 1.64 bits per heavy atom. The number of aromatic nitrogens is 3. The molecule has 2 amide bonds. The molecule has 1 aromatic carbocycles. The first-order valence-corrected chi connectivity index (χ1v) is 8.17. The Morgan fingerprint density at radius 3 is 2.24 bits per heavy atom. The third-order valence-electron chi connectivity index (χ3n) is 2.94. The molecular weight excluding hydrogens is 322 g/mol. The Hall–Kier alpha value is -3.10. The number of carbonyl (C=O) groups is 1. The van der Waals surface area contributed by atoms with Crippen molar-refractivity contribution in [3.05, 3.63) is 30.3 Å². The van der Waals surface area contributed by atoms with Crippen molar-refractivity contribution in [2.45, 2.75) is 13.8 Å². The molecule has 0 aliphatic carbocycles. The van der Waals surface area contributed by atoms with Crippen molar-refractivity contribution >= 4 is 23.6 Å². The number of rotatable bonds is 9. The van der Waals surface area contributed by atoms with Crippen molar-refractivity contribution < 1.29 is 9.53 Å². The minimum Gasteiger partial charge on any atom is -0.461 e. The quantitative estimate of drug-likeness (QED) is 0.514. The van der Waals surface area contributed by atoms with Gasteiger partial charge in [0.25, 0.3) is 0 Å². The zero-order valence-corrected chi connectivity index (χ0v) is 14.4. The van der Waals surface area contributed by atoms with E-state index in [1.54, 1.807) is 0 Å². The maximum absolute atomic E-state index is 11.8. The number of benzene rings is 1. The normalized spacial score (nSPS) is 10.0. The van der Waals surface area contributed by atoms with Gasteiger partial charge in [-0.1, -0.05) is 18.2 Å². The largest absolute Gasteiger partial charge is 0.461 e. The van der Waals surface area contributed by atoms with Crippen LogP contribution in [-0.2, 0) is 0 Å². The van der Waals surface area contributed by atoms with E-state index in [0.717, 1.165) is 5.69 Å². The predicted molar refractivity (Wildman–Crippen MR) is 97.1 cm³/mol. The highest BCUT2D eigenvalue weighted by atomic mass is 16.5. The van der Waals surface area contributed by atoms with Gasteiger partial charge in [-0.2, -0.15) is 15.0 Å². The van der Waals surface area contributed by atoms with Gasteiger partial charge in [0.2, 0.25) is 11.9 Å². The number of nitrogens with one attached hydrogen (secondary N) is 4. The second kappa shape index (κ2) is 9.91. The smallest absolute Gasteiger partial charge is 0.323 e. The highest BCUT2D eigenvalue weighted by Crippen LogP contribution is 2.10. The molecule has 134 valence electrons. The average Bonchev–Trinajstić information content (AvgIpc) is 2.60. The Morgan fingerprint density at radius 1 is 1.00 bits per heavy atom. The van der Waals surface area contributed by atoms with E-state index in [1.165, 1.54) is 0 Å². The summed E-state index contributed by atoms with van der Waals surface area (Å²) in [7, 11) is 0. The lowest BCUT2D eigenvalue weighted by Gasteiger charge is -2.10. The first kappa shape index (κ1) is 18.2. The van der Waals surface area contributed by atoms with Gasteiger partial charge >= 0.3 is 12.0 Å². The Bertz CT molecular complexity index is 643. The van der Waals surface area contributed by atoms with Gasteiger partial charge in [0, 0.05) is 18.8 Å². The fraction of sp³-hybridized carbons (Fsp3) is 0.375. The molecule has 2 aromatic rings. The van der Waals surface area contributed by atoms with Crippen molar-refractivity contribution in [2.24, 2.45) is 0 Å². The van der Waals surface area contributed by atoms with Gasteiger partial charge in [0.05, 0.1) is 6.54 Å². The Balaban J connectivity index is 1.79. The number of hydrogen-bond donors (Lipinski definition) is 4. The van der Waals surface area contributed by atoms with Crippen molar-refractivity contribution in [3.63, 3.8) is 0 Å². The van der Waals surface area contributed by atoms with Gasteiger partial charge < -0.3 is 26.0 Å². The fourth-order valence-corrected chi connectivity index (χ4v) is 1.90. The van der Waals surface area contributed by atoms with E-state index < -0.39 is 0 Å². The summed E-state index contributed by atoms with van der Waals surface area (Å²) in [6.07, 6.45) is 0. The number of para-hydroxylation sites is 1. The van der Waals surface area contributed by atoms with Crippen LogP contribution in [0.5, 0.6) is 6.01 Å². The maximum atomic E-state index is 11.8. The molecular formula is C16H23N7O2. The van der Waals surface area contributed by atoms with Crippen LogP contribution in [0.25, 0.3) is 0 Å². The molecule has 0 aliphatic heterocycles. The monoisotopic (exact) mass is 345 g/mol. The number of anilines is 3. The fourth-order valence-electron chi connectivity index (χ4n) is 1.90. The number of urea groups is 1. The van der Waals surface area contributed by atoms with E-state index in [9.17, 15) is 4.79 Å². The van der Waals surface area contributed by atoms with E-state index in [1.807, 2.05) is 44.2 Å². The third kappa shape index (κ3) is 6.50. The molecule has 0 unspecified atom stereocenters. The van der Waals surface area contributed by atoms with Gasteiger partial charge in [0.15, 0.2) is 0 Å². The second-order valence-corrected chi connectivity index (χ2v) is 4.92. The minimum absolute atomic E-state index is 0.201. The molecule has 2 rings (SSSR count). The van der Waals surface area contributed by atoms with Crippen LogP contribution in [0.1, 0.15) is 13.8 Å². The first-order valence-electron chi connectivity index (χ1n) is 8.17. The van der Waals surface area contributed by atoms with Crippen molar-refractivity contribution in [3.8, 4) is 6.01 Å². The molecule has 0 aliphatic rings. The molecule has 0 saturated carbocycles. The molecule has 0 radical (unpaired) electrons. The molecule has 0 atom stereocenters. The number of hydrogen-bond acceptors (Lipinski definition) is 7. The summed E-state index contributed by atoms with van der Waals surface area (Å²) in [6, 6.07) is 9.11. The summed E-state index contributed by atoms with van der Waals surface area (Å²) in [5, 5.41) is 11.5. The Labute approximate surface area is 146 Å². The number of nitrogens with zero attached hydrogens (tertiary/aromatic N) is 3. The zero-order valence-electron chi connectivity index (χ0n) is 14.4. The van der Waals surface area contributed by atoms with Crippen LogP contribution < -0.4 is 26.0 Å². The van der Waals surface area contributed by atoms with Gasteiger partial charge in [-0.15, -0.1) is 0 Å². The lowest BCUT2D eigenvalue weighted by Crippen LogP contribution is -2.32. The summed E-state index contributed by atoms with van der Waals surface area (Å²) in [4.78, 5) is 24.3. The van der Waals surface area contributed by atoms with Crippen LogP contribution in [-0.4, -0.2) is 47.2 Å². The average molecular weight is 345 g/mol. The SMILES string of the molecule is CCNc1nc(NCC)nc(OCCNC(=O)Nc2ccccc2)n1. The predicted octanol–water partition coefficient (Wildman–Crippen LogP) is 1.94. The van der Waals surface area contributed by atoms with Gasteiger partial charge in [-0.25, -0.2) is 4.79 Å². The van der Waals surface area contributed by atoms with E-state index >= 15 is 0 Å². The minimum atomic E-state index is -0.299. The molecule has 9 nitrogen and oxygen atoms in total. The van der Waals surface area contributed by atoms with Crippen LogP contribution in [0.3, 0.4) is 0 Å². The topological polar surface area (TPSA) is 113 Å². The first-order chi connectivity index (χ1) is 12.2. The van der Waals surface area contributed by atoms with E-state index in [-0.39, 0.29) is 18.6 Å². The van der Waals surface area contributed by atoms with Crippen LogP contribution in [0.2, 0.25) is 0 Å². The van der Waals surface area contributed by atoms with Crippen LogP contribution in [0, 0.1) is 0 Å². The summed E-state index contributed by atoms with van der Waals surface area (Å²) < 4.78 is 5.50. The van der Waals surface area contributed by atoms with Crippen LogP contribution in [0.15, 0.2) is 30.3 Å². The summed E-state index contributed by atoms with van der Waals surface area (Å²) >= 11 is 0. The van der Waals surface area contributed by atoms with E-state index in [0.29, 0.717) is 31.5 Å². The number of ether oxygens (including phenoxy) is 1. The molecule has 0 spiro atoms. The maximum Gasteiger partial charge on any atom is 0.323 e. The standard InChI is InChI=1S/C16H23N7O2/c1-3-17-13-21-14(18-4-2)23-16(22-13)25-11-10-19-15(24)20-12-8-6-5-7-9-12/h5-9H,3-4,10-11H2,1-2H3,(H2,19,20,24)(H2,17,18,21,22,23). The van der Waals surface area contributed by atoms with Crippen molar-refractivity contribution in [1.82, 2.24) is 20.3 Å². The summed E-state index contributed by atoms with van der Waals surface area (Å²) in [5.41, 5.74) is 0.726. The molecule has 25 heavy (non-hydrogen) atoms. The van der Waals surface area contributed by atoms with Crippen molar-refractivity contribution in [1.29, 1.82) is 0 Å². The van der Waals surface area contributed by atoms with E-state index in [4.69, 9.17) is 4.74 Å². The summed E-state index contributed by atoms with van der Waals surface area (Å²) in [5.74, 6) is 0.886. The molecule has 4 N–H and O–H groups in total. The second-order valence-electron chi connectivity index (χ2n) is 4.92. The molecule has 1 aromatic heterocycles. The third-order valence-corrected chi connectivity index (χ3v) is 2.94. The Kier molecular flexibility index (Phi) is 7.23. The molecule has 0 saturated heterocycles. The van der Waals surface area contributed by atoms with Crippen LogP contribution >= 0.6 is 0 Å². The molecule has 1 heterocycles. The zero-order chi connectivity index (χ0) is 17.9. The highest BCUT2D eigenvalue weighted by Gasteiger charge is 2.07. The lowest BCUT2D eigenvalue weighted by molar-refractivity contribution is 0.245. The highest BCUT2D eigenvalue weighted by molar-refractivity contribution is 5.89. The van der Waals surface area contributed by atoms with E-state index in [2.05, 4.69) is 36.2 Å². The lowest BCUT2D eigenvalue weighted by atomic mass is 10.3. The summed E-state index contributed by atoms with van der Waals surface area (Å²) in [6.45, 7) is 5.84. The number of carbonyl (C=O) groups excluding carboxylic acids is 1. The van der Waals surface area contributed by atoms with Gasteiger partial charge in [0.1, 0.15) is 6.61 Å².